The zero-order chi connectivity index (χ0) is 16.0. The van der Waals surface area contributed by atoms with Gasteiger partial charge in [0.1, 0.15) is 5.15 Å². The van der Waals surface area contributed by atoms with Crippen molar-refractivity contribution in [3.8, 4) is 0 Å². The number of hydrogen-bond acceptors (Lipinski definition) is 5. The van der Waals surface area contributed by atoms with Crippen molar-refractivity contribution in [2.75, 3.05) is 12.8 Å². The molecule has 0 fully saturated rings. The lowest BCUT2D eigenvalue weighted by atomic mass is 9.97. The van der Waals surface area contributed by atoms with Crippen LogP contribution in [-0.2, 0) is 0 Å². The highest BCUT2D eigenvalue weighted by Crippen LogP contribution is 2.36. The lowest BCUT2D eigenvalue weighted by Crippen LogP contribution is -1.99. The Morgan fingerprint density at radius 3 is 2.83 bits per heavy atom. The molecule has 0 unspecified atom stereocenters. The molecule has 5 nitrogen and oxygen atoms in total. The van der Waals surface area contributed by atoms with Crippen LogP contribution in [0.4, 0.5) is 5.69 Å². The zero-order valence-electron chi connectivity index (χ0n) is 12.3. The van der Waals surface area contributed by atoms with Crippen LogP contribution in [0.5, 0.6) is 0 Å². The Morgan fingerprint density at radius 1 is 1.13 bits per heavy atom. The van der Waals surface area contributed by atoms with Gasteiger partial charge in [0.25, 0.3) is 0 Å². The SMILES string of the molecule is CN=Cc1c(N)c2cnccc2c2c1cnc1ccc(Cl)nc12. The zero-order valence-corrected chi connectivity index (χ0v) is 13.0. The lowest BCUT2D eigenvalue weighted by molar-refractivity contribution is 1.35. The van der Waals surface area contributed by atoms with Crippen molar-refractivity contribution in [3.05, 3.63) is 47.5 Å². The van der Waals surface area contributed by atoms with E-state index in [-0.39, 0.29) is 0 Å². The van der Waals surface area contributed by atoms with Crippen LogP contribution in [-0.4, -0.2) is 28.2 Å². The van der Waals surface area contributed by atoms with Crippen molar-refractivity contribution < 1.29 is 0 Å². The van der Waals surface area contributed by atoms with E-state index in [9.17, 15) is 0 Å². The molecule has 23 heavy (non-hydrogen) atoms. The average molecular weight is 322 g/mol. The van der Waals surface area contributed by atoms with Crippen LogP contribution in [0.25, 0.3) is 32.6 Å². The number of hydrogen-bond donors (Lipinski definition) is 1. The van der Waals surface area contributed by atoms with Crippen molar-refractivity contribution in [1.82, 2.24) is 15.0 Å². The summed E-state index contributed by atoms with van der Waals surface area (Å²) in [6.45, 7) is 0. The van der Waals surface area contributed by atoms with Crippen molar-refractivity contribution in [1.29, 1.82) is 0 Å². The van der Waals surface area contributed by atoms with Crippen LogP contribution < -0.4 is 5.73 Å². The number of fused-ring (bicyclic) bond motifs is 5. The molecule has 0 aliphatic rings. The molecule has 0 bridgehead atoms. The van der Waals surface area contributed by atoms with E-state index in [4.69, 9.17) is 17.3 Å². The highest BCUT2D eigenvalue weighted by atomic mass is 35.5. The summed E-state index contributed by atoms with van der Waals surface area (Å²) in [5, 5.41) is 4.12. The topological polar surface area (TPSA) is 77.0 Å². The Labute approximate surface area is 136 Å². The number of anilines is 1. The number of benzene rings is 1. The average Bonchev–Trinajstić information content (AvgIpc) is 2.57. The molecule has 4 aromatic rings. The molecular weight excluding hydrogens is 310 g/mol. The highest BCUT2D eigenvalue weighted by molar-refractivity contribution is 6.31. The third-order valence-corrected chi connectivity index (χ3v) is 4.11. The van der Waals surface area contributed by atoms with Crippen LogP contribution in [0.2, 0.25) is 5.15 Å². The van der Waals surface area contributed by atoms with Gasteiger partial charge in [-0.15, -0.1) is 0 Å². The summed E-state index contributed by atoms with van der Waals surface area (Å²) in [5.41, 5.74) is 9.32. The van der Waals surface area contributed by atoms with E-state index in [2.05, 4.69) is 19.9 Å². The number of nitrogen functional groups attached to an aromatic ring is 1. The first kappa shape index (κ1) is 13.8. The van der Waals surface area contributed by atoms with E-state index in [1.165, 1.54) is 0 Å². The maximum Gasteiger partial charge on any atom is 0.129 e. The summed E-state index contributed by atoms with van der Waals surface area (Å²) in [7, 11) is 1.71. The normalized spacial score (nSPS) is 11.9. The van der Waals surface area contributed by atoms with Crippen LogP contribution in [0.1, 0.15) is 5.56 Å². The quantitative estimate of drug-likeness (QED) is 0.251. The number of nitrogens with zero attached hydrogens (tertiary/aromatic N) is 4. The van der Waals surface area contributed by atoms with Crippen LogP contribution in [0.3, 0.4) is 0 Å². The summed E-state index contributed by atoms with van der Waals surface area (Å²) < 4.78 is 0. The molecule has 2 N–H and O–H groups in total. The van der Waals surface area contributed by atoms with Gasteiger partial charge in [-0.05, 0) is 23.6 Å². The fourth-order valence-corrected chi connectivity index (χ4v) is 3.05. The van der Waals surface area contributed by atoms with Crippen molar-refractivity contribution in [2.45, 2.75) is 0 Å². The largest absolute Gasteiger partial charge is 0.398 e. The Bertz CT molecular complexity index is 1100. The van der Waals surface area contributed by atoms with Gasteiger partial charge in [-0.2, -0.15) is 0 Å². The summed E-state index contributed by atoms with van der Waals surface area (Å²) >= 11 is 6.10. The molecule has 0 atom stereocenters. The summed E-state index contributed by atoms with van der Waals surface area (Å²) in [5.74, 6) is 0. The molecule has 4 rings (SSSR count). The number of halogens is 1. The first-order chi connectivity index (χ1) is 11.2. The van der Waals surface area contributed by atoms with E-state index in [0.717, 1.165) is 38.1 Å². The van der Waals surface area contributed by atoms with Crippen LogP contribution in [0.15, 0.2) is 41.8 Å². The molecule has 0 radical (unpaired) electrons. The third-order valence-electron chi connectivity index (χ3n) is 3.90. The molecule has 6 heteroatoms. The smallest absolute Gasteiger partial charge is 0.129 e. The monoisotopic (exact) mass is 321 g/mol. The summed E-state index contributed by atoms with van der Waals surface area (Å²) in [6, 6.07) is 5.53. The van der Waals surface area contributed by atoms with Crippen molar-refractivity contribution in [3.63, 3.8) is 0 Å². The van der Waals surface area contributed by atoms with Crippen molar-refractivity contribution >= 4 is 56.1 Å². The maximum atomic E-state index is 6.34. The second-order valence-corrected chi connectivity index (χ2v) is 5.57. The molecule has 112 valence electrons. The van der Waals surface area contributed by atoms with E-state index in [1.54, 1.807) is 37.9 Å². The molecule has 0 saturated carbocycles. The van der Waals surface area contributed by atoms with Crippen molar-refractivity contribution in [2.24, 2.45) is 4.99 Å². The van der Waals surface area contributed by atoms with E-state index in [0.29, 0.717) is 10.8 Å². The first-order valence-electron chi connectivity index (χ1n) is 7.03. The molecule has 0 saturated heterocycles. The molecular formula is C17H12ClN5. The maximum absolute atomic E-state index is 6.34. The fourth-order valence-electron chi connectivity index (χ4n) is 2.90. The molecule has 3 heterocycles. The van der Waals surface area contributed by atoms with Gasteiger partial charge in [0.15, 0.2) is 0 Å². The Hall–Kier alpha value is -2.79. The Balaban J connectivity index is 2.38. The van der Waals surface area contributed by atoms with E-state index in [1.807, 2.05) is 12.1 Å². The van der Waals surface area contributed by atoms with Crippen LogP contribution >= 0.6 is 11.6 Å². The Morgan fingerprint density at radius 2 is 2.00 bits per heavy atom. The second-order valence-electron chi connectivity index (χ2n) is 5.18. The Kier molecular flexibility index (Phi) is 3.09. The van der Waals surface area contributed by atoms with E-state index < -0.39 is 0 Å². The third kappa shape index (κ3) is 2.01. The van der Waals surface area contributed by atoms with Crippen LogP contribution in [0, 0.1) is 0 Å². The van der Waals surface area contributed by atoms with Gasteiger partial charge in [-0.25, -0.2) is 4.98 Å². The van der Waals surface area contributed by atoms with E-state index >= 15 is 0 Å². The fraction of sp³-hybridized carbons (Fsp3) is 0.0588. The number of nitrogens with two attached hydrogens (primary N) is 1. The predicted octanol–water partition coefficient (Wildman–Crippen LogP) is 3.62. The minimum atomic E-state index is 0.427. The lowest BCUT2D eigenvalue weighted by Gasteiger charge is -2.12. The number of pyridine rings is 3. The second kappa shape index (κ2) is 5.14. The number of aromatic nitrogens is 3. The van der Waals surface area contributed by atoms with Gasteiger partial charge in [0, 0.05) is 53.6 Å². The molecule has 0 spiro atoms. The summed E-state index contributed by atoms with van der Waals surface area (Å²) in [6.07, 6.45) is 7.04. The molecule has 0 aliphatic carbocycles. The number of aliphatic imine (C=N–C) groups is 1. The standard InChI is InChI=1S/C17H12ClN5/c1-20-6-11-10-8-22-13-2-3-14(18)23-17(13)15(10)9-4-5-21-7-12(9)16(11)19/h2-8H,19H2,1H3. The van der Waals surface area contributed by atoms with Gasteiger partial charge in [-0.3, -0.25) is 15.0 Å². The van der Waals surface area contributed by atoms with Gasteiger partial charge < -0.3 is 5.73 Å². The number of rotatable bonds is 1. The highest BCUT2D eigenvalue weighted by Gasteiger charge is 2.15. The predicted molar refractivity (Wildman–Crippen MR) is 95.3 cm³/mol. The molecule has 1 aromatic carbocycles. The molecule has 0 amide bonds. The van der Waals surface area contributed by atoms with Gasteiger partial charge >= 0.3 is 0 Å². The van der Waals surface area contributed by atoms with Gasteiger partial charge in [-0.1, -0.05) is 11.6 Å². The first-order valence-corrected chi connectivity index (χ1v) is 7.41. The summed E-state index contributed by atoms with van der Waals surface area (Å²) in [4.78, 5) is 17.3. The minimum Gasteiger partial charge on any atom is -0.398 e. The van der Waals surface area contributed by atoms with Gasteiger partial charge in [0.05, 0.1) is 16.7 Å². The minimum absolute atomic E-state index is 0.427. The molecule has 3 aromatic heterocycles. The molecule has 0 aliphatic heterocycles. The van der Waals surface area contributed by atoms with Gasteiger partial charge in [0.2, 0.25) is 0 Å².